The molecule has 182 valence electrons. The molecule has 0 aliphatic rings. The zero-order valence-corrected chi connectivity index (χ0v) is 22.7. The molecule has 5 heteroatoms. The van der Waals surface area contributed by atoms with Gasteiger partial charge in [-0.2, -0.15) is 0 Å². The average Bonchev–Trinajstić information content (AvgIpc) is 2.77. The van der Waals surface area contributed by atoms with Gasteiger partial charge in [0.25, 0.3) is 0 Å². The predicted octanol–water partition coefficient (Wildman–Crippen LogP) is 7.30. The maximum absolute atomic E-state index is 11.8. The van der Waals surface area contributed by atoms with Crippen LogP contribution in [0.1, 0.15) is 62.8 Å². The van der Waals surface area contributed by atoms with Crippen LogP contribution in [0.25, 0.3) is 0 Å². The average molecular weight is 471 g/mol. The van der Waals surface area contributed by atoms with E-state index in [4.69, 9.17) is 13.9 Å². The molecule has 0 spiro atoms. The van der Waals surface area contributed by atoms with Crippen LogP contribution in [0.2, 0.25) is 18.1 Å². The van der Waals surface area contributed by atoms with E-state index >= 15 is 0 Å². The third-order valence-electron chi connectivity index (χ3n) is 7.04. The Hall–Kier alpha value is -2.11. The molecular weight excluding hydrogens is 428 g/mol. The lowest BCUT2D eigenvalue weighted by molar-refractivity contribution is -0.109. The first-order chi connectivity index (χ1) is 15.5. The van der Waals surface area contributed by atoms with Crippen molar-refractivity contribution in [2.45, 2.75) is 77.6 Å². The Morgan fingerprint density at radius 3 is 2.06 bits per heavy atom. The summed E-state index contributed by atoms with van der Waals surface area (Å²) in [4.78, 5) is 11.8. The monoisotopic (exact) mass is 470 g/mol. The number of rotatable bonds is 12. The molecule has 0 radical (unpaired) electrons. The van der Waals surface area contributed by atoms with E-state index in [1.807, 2.05) is 13.0 Å². The summed E-state index contributed by atoms with van der Waals surface area (Å²) in [6.07, 6.45) is 4.20. The van der Waals surface area contributed by atoms with E-state index in [-0.39, 0.29) is 17.1 Å². The minimum absolute atomic E-state index is 0.0554. The summed E-state index contributed by atoms with van der Waals surface area (Å²) in [5.41, 5.74) is 3.31. The fraction of sp³-hybridized carbons (Fsp3) is 0.536. The molecule has 0 aromatic heterocycles. The molecule has 2 rings (SSSR count). The summed E-state index contributed by atoms with van der Waals surface area (Å²) in [5.74, 6) is 1.64. The van der Waals surface area contributed by atoms with Crippen molar-refractivity contribution in [1.29, 1.82) is 0 Å². The van der Waals surface area contributed by atoms with Crippen LogP contribution in [-0.4, -0.2) is 28.8 Å². The first-order valence-electron chi connectivity index (χ1n) is 11.9. The van der Waals surface area contributed by atoms with Gasteiger partial charge in [-0.05, 0) is 73.5 Å². The summed E-state index contributed by atoms with van der Waals surface area (Å²) < 4.78 is 18.3. The zero-order valence-electron chi connectivity index (χ0n) is 21.7. The maximum Gasteiger partial charge on any atom is 0.192 e. The van der Waals surface area contributed by atoms with Crippen LogP contribution in [0.4, 0.5) is 0 Å². The van der Waals surface area contributed by atoms with Gasteiger partial charge in [-0.1, -0.05) is 51.1 Å². The van der Waals surface area contributed by atoms with Crippen molar-refractivity contribution in [3.05, 3.63) is 59.2 Å². The second kappa shape index (κ2) is 11.8. The van der Waals surface area contributed by atoms with Gasteiger partial charge in [0.1, 0.15) is 17.8 Å². The molecule has 4 nitrogen and oxygen atoms in total. The van der Waals surface area contributed by atoms with E-state index in [1.54, 1.807) is 14.2 Å². The first kappa shape index (κ1) is 27.1. The Balaban J connectivity index is 2.43. The van der Waals surface area contributed by atoms with Gasteiger partial charge < -0.3 is 18.7 Å². The van der Waals surface area contributed by atoms with Gasteiger partial charge in [-0.25, -0.2) is 0 Å². The molecular formula is C28H42O4Si. The molecule has 0 N–H and O–H groups in total. The Morgan fingerprint density at radius 1 is 1.00 bits per heavy atom. The van der Waals surface area contributed by atoms with Crippen LogP contribution >= 0.6 is 0 Å². The molecule has 0 heterocycles. The minimum Gasteiger partial charge on any atom is -0.496 e. The molecule has 0 bridgehead atoms. The number of carbonyl (C=O) groups excluding carboxylic acids is 1. The van der Waals surface area contributed by atoms with Crippen molar-refractivity contribution in [3.63, 3.8) is 0 Å². The van der Waals surface area contributed by atoms with E-state index in [0.29, 0.717) is 6.42 Å². The highest BCUT2D eigenvalue weighted by atomic mass is 28.4. The molecule has 33 heavy (non-hydrogen) atoms. The number of hydrogen-bond donors (Lipinski definition) is 0. The number of benzene rings is 2. The molecule has 0 amide bonds. The number of carbonyl (C=O) groups is 1. The normalized spacial score (nSPS) is 13.9. The van der Waals surface area contributed by atoms with E-state index < -0.39 is 8.32 Å². The number of aryl methyl sites for hydroxylation is 1. The van der Waals surface area contributed by atoms with Crippen LogP contribution in [0.3, 0.4) is 0 Å². The van der Waals surface area contributed by atoms with Crippen molar-refractivity contribution >= 4 is 14.6 Å². The van der Waals surface area contributed by atoms with Crippen LogP contribution < -0.4 is 9.47 Å². The first-order valence-corrected chi connectivity index (χ1v) is 14.8. The van der Waals surface area contributed by atoms with Crippen LogP contribution in [0.15, 0.2) is 42.5 Å². The molecule has 2 atom stereocenters. The minimum atomic E-state index is -2.11. The highest BCUT2D eigenvalue weighted by Gasteiger charge is 2.41. The lowest BCUT2D eigenvalue weighted by atomic mass is 9.87. The Morgan fingerprint density at radius 2 is 1.58 bits per heavy atom. The van der Waals surface area contributed by atoms with E-state index in [2.05, 4.69) is 70.3 Å². The largest absolute Gasteiger partial charge is 0.496 e. The smallest absolute Gasteiger partial charge is 0.192 e. The fourth-order valence-electron chi connectivity index (χ4n) is 3.93. The molecule has 0 aliphatic heterocycles. The standard InChI is InChI=1S/C28H42O4Si/c1-21-25(30-5)19-24(20-26(21)31-6)27(32-33(7,8)28(2,3)4)23(17-18-29)16-12-15-22-13-10-9-11-14-22/h9-11,13-14,18-20,23,27H,12,15-17H2,1-8H3/t23-,27?/m0/s1. The van der Waals surface area contributed by atoms with Crippen LogP contribution in [0, 0.1) is 12.8 Å². The van der Waals surface area contributed by atoms with E-state index in [1.165, 1.54) is 5.56 Å². The topological polar surface area (TPSA) is 44.8 Å². The fourth-order valence-corrected chi connectivity index (χ4v) is 5.25. The molecule has 0 saturated heterocycles. The lowest BCUT2D eigenvalue weighted by Gasteiger charge is -2.41. The van der Waals surface area contributed by atoms with Crippen molar-refractivity contribution in [3.8, 4) is 11.5 Å². The Bertz CT molecular complexity index is 862. The molecule has 2 aromatic carbocycles. The summed E-state index contributed by atoms with van der Waals surface area (Å²) in [5, 5.41) is 0.0554. The van der Waals surface area contributed by atoms with Crippen molar-refractivity contribution in [1.82, 2.24) is 0 Å². The number of hydrogen-bond acceptors (Lipinski definition) is 4. The predicted molar refractivity (Wildman–Crippen MR) is 139 cm³/mol. The quantitative estimate of drug-likeness (QED) is 0.241. The van der Waals surface area contributed by atoms with Gasteiger partial charge >= 0.3 is 0 Å². The molecule has 0 fully saturated rings. The third kappa shape index (κ3) is 7.18. The molecule has 1 unspecified atom stereocenters. The van der Waals surface area contributed by atoms with E-state index in [9.17, 15) is 4.79 Å². The van der Waals surface area contributed by atoms with Gasteiger partial charge in [-0.3, -0.25) is 0 Å². The van der Waals surface area contributed by atoms with Gasteiger partial charge in [0.15, 0.2) is 8.32 Å². The van der Waals surface area contributed by atoms with Gasteiger partial charge in [-0.15, -0.1) is 0 Å². The summed E-state index contributed by atoms with van der Waals surface area (Å²) in [7, 11) is 1.25. The summed E-state index contributed by atoms with van der Waals surface area (Å²) >= 11 is 0. The number of ether oxygens (including phenoxy) is 2. The maximum atomic E-state index is 11.8. The molecule has 0 aliphatic carbocycles. The van der Waals surface area contributed by atoms with Crippen LogP contribution in [-0.2, 0) is 15.6 Å². The van der Waals surface area contributed by atoms with Crippen molar-refractivity contribution in [2.24, 2.45) is 5.92 Å². The highest BCUT2D eigenvalue weighted by Crippen LogP contribution is 2.45. The molecule has 0 saturated carbocycles. The third-order valence-corrected chi connectivity index (χ3v) is 11.5. The van der Waals surface area contributed by atoms with Gasteiger partial charge in [0.2, 0.25) is 0 Å². The van der Waals surface area contributed by atoms with E-state index in [0.717, 1.165) is 48.2 Å². The Kier molecular flexibility index (Phi) is 9.74. The Labute approximate surface area is 201 Å². The zero-order chi connectivity index (χ0) is 24.6. The van der Waals surface area contributed by atoms with Crippen LogP contribution in [0.5, 0.6) is 11.5 Å². The summed E-state index contributed by atoms with van der Waals surface area (Å²) in [6, 6.07) is 14.6. The highest BCUT2D eigenvalue weighted by molar-refractivity contribution is 6.74. The second-order valence-electron chi connectivity index (χ2n) is 10.4. The number of methoxy groups -OCH3 is 2. The molecule has 2 aromatic rings. The van der Waals surface area contributed by atoms with Crippen molar-refractivity contribution < 1.29 is 18.7 Å². The van der Waals surface area contributed by atoms with Crippen molar-refractivity contribution in [2.75, 3.05) is 14.2 Å². The van der Waals surface area contributed by atoms with Gasteiger partial charge in [0, 0.05) is 12.0 Å². The number of aldehydes is 1. The lowest BCUT2D eigenvalue weighted by Crippen LogP contribution is -2.43. The second-order valence-corrected chi connectivity index (χ2v) is 15.1. The van der Waals surface area contributed by atoms with Gasteiger partial charge in [0.05, 0.1) is 20.3 Å². The summed E-state index contributed by atoms with van der Waals surface area (Å²) in [6.45, 7) is 13.3. The SMILES string of the molecule is COc1cc(C(O[Si](C)(C)C(C)(C)C)[C@H](CC=O)CCCc2ccccc2)cc(OC)c1C.